The molecule has 0 aliphatic rings. The number of hydrogen-bond donors (Lipinski definition) is 1. The van der Waals surface area contributed by atoms with Crippen LogP contribution in [-0.2, 0) is 10.5 Å². The van der Waals surface area contributed by atoms with Gasteiger partial charge in [-0.15, -0.1) is 11.8 Å². The van der Waals surface area contributed by atoms with Crippen molar-refractivity contribution in [2.24, 2.45) is 0 Å². The standard InChI is InChI=1S/C13H12N4OS3/c1-19-13-16-12(21-17-13)15-11(18)8-20-7-10-4-2-9(6-14)3-5-10/h2-5H,7-8H2,1H3,(H,15,16,17,18). The Labute approximate surface area is 135 Å². The Balaban J connectivity index is 1.74. The normalized spacial score (nSPS) is 10.1. The van der Waals surface area contributed by atoms with Crippen molar-refractivity contribution in [3.63, 3.8) is 0 Å². The fraction of sp³-hybridized carbons (Fsp3) is 0.231. The molecule has 0 unspecified atom stereocenters. The van der Waals surface area contributed by atoms with Gasteiger partial charge in [-0.3, -0.25) is 10.1 Å². The van der Waals surface area contributed by atoms with Gasteiger partial charge in [-0.25, -0.2) is 0 Å². The number of nitrogens with zero attached hydrogens (tertiary/aromatic N) is 3. The number of hydrogen-bond acceptors (Lipinski definition) is 7. The molecule has 0 saturated carbocycles. The number of nitriles is 1. The Hall–Kier alpha value is -1.56. The van der Waals surface area contributed by atoms with Crippen LogP contribution in [0.15, 0.2) is 29.4 Å². The van der Waals surface area contributed by atoms with Gasteiger partial charge in [0.2, 0.25) is 16.2 Å². The van der Waals surface area contributed by atoms with Crippen LogP contribution >= 0.6 is 35.1 Å². The molecule has 0 aliphatic heterocycles. The van der Waals surface area contributed by atoms with Crippen LogP contribution in [-0.4, -0.2) is 27.3 Å². The van der Waals surface area contributed by atoms with E-state index < -0.39 is 0 Å². The van der Waals surface area contributed by atoms with Gasteiger partial charge in [0, 0.05) is 17.3 Å². The summed E-state index contributed by atoms with van der Waals surface area (Å²) in [5.41, 5.74) is 1.73. The summed E-state index contributed by atoms with van der Waals surface area (Å²) < 4.78 is 4.08. The predicted octanol–water partition coefficient (Wildman–Crippen LogP) is 3.00. The molecule has 1 N–H and O–H groups in total. The van der Waals surface area contributed by atoms with Gasteiger partial charge in [0.25, 0.3) is 0 Å². The average Bonchev–Trinajstić information content (AvgIpc) is 2.95. The number of benzene rings is 1. The SMILES string of the molecule is CSc1nsc(NC(=O)CSCc2ccc(C#N)cc2)n1. The van der Waals surface area contributed by atoms with E-state index in [1.165, 1.54) is 35.1 Å². The minimum atomic E-state index is -0.0857. The summed E-state index contributed by atoms with van der Waals surface area (Å²) in [6.45, 7) is 0. The molecule has 0 atom stereocenters. The van der Waals surface area contributed by atoms with E-state index >= 15 is 0 Å². The molecule has 2 aromatic rings. The first kappa shape index (κ1) is 15.8. The molecule has 0 aliphatic carbocycles. The van der Waals surface area contributed by atoms with Crippen LogP contribution in [0, 0.1) is 11.3 Å². The number of anilines is 1. The van der Waals surface area contributed by atoms with E-state index in [2.05, 4.69) is 20.7 Å². The van der Waals surface area contributed by atoms with Crippen molar-refractivity contribution in [2.45, 2.75) is 10.9 Å². The van der Waals surface area contributed by atoms with Gasteiger partial charge in [-0.05, 0) is 24.0 Å². The van der Waals surface area contributed by atoms with Gasteiger partial charge in [-0.1, -0.05) is 23.9 Å². The van der Waals surface area contributed by atoms with Crippen LogP contribution in [0.3, 0.4) is 0 Å². The summed E-state index contributed by atoms with van der Waals surface area (Å²) in [5, 5.41) is 12.6. The molecule has 0 saturated heterocycles. The van der Waals surface area contributed by atoms with Crippen molar-refractivity contribution >= 4 is 46.1 Å². The molecule has 0 fully saturated rings. The summed E-state index contributed by atoms with van der Waals surface area (Å²) in [6.07, 6.45) is 1.89. The molecular formula is C13H12N4OS3. The Morgan fingerprint density at radius 1 is 1.43 bits per heavy atom. The van der Waals surface area contributed by atoms with Crippen molar-refractivity contribution in [2.75, 3.05) is 17.3 Å². The van der Waals surface area contributed by atoms with E-state index in [4.69, 9.17) is 5.26 Å². The summed E-state index contributed by atoms with van der Waals surface area (Å²) in [6, 6.07) is 9.44. The zero-order chi connectivity index (χ0) is 15.1. The molecule has 0 radical (unpaired) electrons. The van der Waals surface area contributed by atoms with Crippen LogP contribution in [0.1, 0.15) is 11.1 Å². The fourth-order valence-corrected chi connectivity index (χ4v) is 3.37. The maximum Gasteiger partial charge on any atom is 0.236 e. The topological polar surface area (TPSA) is 78.7 Å². The first-order chi connectivity index (χ1) is 10.2. The molecule has 1 amide bonds. The smallest absolute Gasteiger partial charge is 0.236 e. The molecule has 1 aromatic heterocycles. The zero-order valence-corrected chi connectivity index (χ0v) is 13.6. The number of nitrogens with one attached hydrogen (secondary N) is 1. The molecule has 5 nitrogen and oxygen atoms in total. The predicted molar refractivity (Wildman–Crippen MR) is 87.6 cm³/mol. The van der Waals surface area contributed by atoms with Crippen molar-refractivity contribution in [1.82, 2.24) is 9.36 Å². The Morgan fingerprint density at radius 3 is 2.81 bits per heavy atom. The van der Waals surface area contributed by atoms with Crippen LogP contribution < -0.4 is 5.32 Å². The van der Waals surface area contributed by atoms with Gasteiger partial charge in [0.1, 0.15) is 0 Å². The zero-order valence-electron chi connectivity index (χ0n) is 11.2. The number of carbonyl (C=O) groups is 1. The van der Waals surface area contributed by atoms with E-state index in [-0.39, 0.29) is 5.91 Å². The van der Waals surface area contributed by atoms with Crippen molar-refractivity contribution in [1.29, 1.82) is 5.26 Å². The largest absolute Gasteiger partial charge is 0.300 e. The second kappa shape index (κ2) is 8.02. The number of amides is 1. The highest BCUT2D eigenvalue weighted by atomic mass is 32.2. The van der Waals surface area contributed by atoms with Crippen molar-refractivity contribution in [3.8, 4) is 6.07 Å². The Morgan fingerprint density at radius 2 is 2.19 bits per heavy atom. The Bertz CT molecular complexity index is 648. The van der Waals surface area contributed by atoms with E-state index in [0.717, 1.165) is 11.3 Å². The molecule has 1 heterocycles. The number of thioether (sulfide) groups is 2. The monoisotopic (exact) mass is 336 g/mol. The van der Waals surface area contributed by atoms with E-state index in [1.807, 2.05) is 18.4 Å². The third-order valence-corrected chi connectivity index (χ3v) is 4.72. The van der Waals surface area contributed by atoms with Gasteiger partial charge in [0.15, 0.2) is 0 Å². The van der Waals surface area contributed by atoms with Crippen LogP contribution in [0.4, 0.5) is 5.13 Å². The highest BCUT2D eigenvalue weighted by molar-refractivity contribution is 7.99. The lowest BCUT2D eigenvalue weighted by molar-refractivity contribution is -0.113. The number of aromatic nitrogens is 2. The third-order valence-electron chi connectivity index (χ3n) is 2.42. The molecule has 0 spiro atoms. The first-order valence-electron chi connectivity index (χ1n) is 5.95. The quantitative estimate of drug-likeness (QED) is 0.817. The second-order valence-electron chi connectivity index (χ2n) is 3.94. The second-order valence-corrected chi connectivity index (χ2v) is 6.45. The maximum absolute atomic E-state index is 11.8. The molecule has 1 aromatic carbocycles. The molecule has 8 heteroatoms. The van der Waals surface area contributed by atoms with Gasteiger partial charge >= 0.3 is 0 Å². The summed E-state index contributed by atoms with van der Waals surface area (Å²) in [5.74, 6) is 0.997. The van der Waals surface area contributed by atoms with Crippen molar-refractivity contribution in [3.05, 3.63) is 35.4 Å². The molecule has 108 valence electrons. The highest BCUT2D eigenvalue weighted by Gasteiger charge is 2.07. The average molecular weight is 336 g/mol. The van der Waals surface area contributed by atoms with Crippen LogP contribution in [0.5, 0.6) is 0 Å². The Kier molecular flexibility index (Phi) is 6.04. The summed E-state index contributed by atoms with van der Waals surface area (Å²) in [7, 11) is 0. The lowest BCUT2D eigenvalue weighted by atomic mass is 10.2. The summed E-state index contributed by atoms with van der Waals surface area (Å²) in [4.78, 5) is 15.9. The lowest BCUT2D eigenvalue weighted by Crippen LogP contribution is -2.13. The van der Waals surface area contributed by atoms with E-state index in [9.17, 15) is 4.79 Å². The van der Waals surface area contributed by atoms with Crippen LogP contribution in [0.25, 0.3) is 0 Å². The molecular weight excluding hydrogens is 324 g/mol. The maximum atomic E-state index is 11.8. The minimum Gasteiger partial charge on any atom is -0.300 e. The number of rotatable bonds is 6. The third kappa shape index (κ3) is 5.04. The first-order valence-corrected chi connectivity index (χ1v) is 9.11. The molecule has 0 bridgehead atoms. The van der Waals surface area contributed by atoms with Crippen LogP contribution in [0.2, 0.25) is 0 Å². The van der Waals surface area contributed by atoms with Gasteiger partial charge in [-0.2, -0.15) is 14.6 Å². The highest BCUT2D eigenvalue weighted by Crippen LogP contribution is 2.18. The lowest BCUT2D eigenvalue weighted by Gasteiger charge is -2.02. The fourth-order valence-electron chi connectivity index (χ4n) is 1.44. The minimum absolute atomic E-state index is 0.0857. The molecule has 2 rings (SSSR count). The number of carbonyl (C=O) groups excluding carboxylic acids is 1. The van der Waals surface area contributed by atoms with Gasteiger partial charge < -0.3 is 0 Å². The van der Waals surface area contributed by atoms with E-state index in [0.29, 0.717) is 21.6 Å². The molecule has 21 heavy (non-hydrogen) atoms. The summed E-state index contributed by atoms with van der Waals surface area (Å²) >= 11 is 4.14. The van der Waals surface area contributed by atoms with Gasteiger partial charge in [0.05, 0.1) is 17.4 Å². The van der Waals surface area contributed by atoms with Crippen molar-refractivity contribution < 1.29 is 4.79 Å². The van der Waals surface area contributed by atoms with E-state index in [1.54, 1.807) is 12.1 Å².